The van der Waals surface area contributed by atoms with Crippen molar-refractivity contribution in [3.8, 4) is 0 Å². The Kier molecular flexibility index (Phi) is 6.20. The Morgan fingerprint density at radius 1 is 1.21 bits per heavy atom. The van der Waals surface area contributed by atoms with E-state index in [2.05, 4.69) is 24.2 Å². The van der Waals surface area contributed by atoms with E-state index in [0.717, 1.165) is 6.04 Å². The summed E-state index contributed by atoms with van der Waals surface area (Å²) in [6.45, 7) is 6.17. The van der Waals surface area contributed by atoms with Gasteiger partial charge in [0.15, 0.2) is 0 Å². The van der Waals surface area contributed by atoms with Gasteiger partial charge in [0.2, 0.25) is 0 Å². The van der Waals surface area contributed by atoms with Crippen LogP contribution in [0.5, 0.6) is 0 Å². The summed E-state index contributed by atoms with van der Waals surface area (Å²) in [5.74, 6) is 0. The summed E-state index contributed by atoms with van der Waals surface area (Å²) in [7, 11) is 2.08. The summed E-state index contributed by atoms with van der Waals surface area (Å²) in [5, 5.41) is 3.36. The highest BCUT2D eigenvalue weighted by Crippen LogP contribution is 2.10. The highest BCUT2D eigenvalue weighted by molar-refractivity contribution is 4.79. The number of unbranched alkanes of at least 4 members (excludes halogenated alkanes) is 4. The number of nitrogens with one attached hydrogen (secondary N) is 1. The fraction of sp³-hybridized carbons (Fsp3) is 1.00. The molecule has 2 heteroatoms. The lowest BCUT2D eigenvalue weighted by molar-refractivity contribution is 0.320. The van der Waals surface area contributed by atoms with E-state index >= 15 is 0 Å². The highest BCUT2D eigenvalue weighted by atomic mass is 15.2. The van der Waals surface area contributed by atoms with Crippen molar-refractivity contribution in [2.24, 2.45) is 0 Å². The van der Waals surface area contributed by atoms with E-state index in [-0.39, 0.29) is 0 Å². The second kappa shape index (κ2) is 7.24. The Bertz CT molecular complexity index is 136. The lowest BCUT2D eigenvalue weighted by atomic mass is 10.1. The highest BCUT2D eigenvalue weighted by Gasteiger charge is 2.19. The molecule has 0 aromatic rings. The predicted octanol–water partition coefficient (Wildman–Crippen LogP) is 2.25. The maximum Gasteiger partial charge on any atom is 0.0204 e. The largest absolute Gasteiger partial charge is 0.316 e. The smallest absolute Gasteiger partial charge is 0.0204 e. The number of hydrogen-bond donors (Lipinski definition) is 1. The molecular weight excluding hydrogens is 172 g/mol. The predicted molar refractivity (Wildman–Crippen MR) is 62.7 cm³/mol. The van der Waals surface area contributed by atoms with Gasteiger partial charge in [-0.15, -0.1) is 0 Å². The fourth-order valence-electron chi connectivity index (χ4n) is 2.21. The molecule has 1 aliphatic rings. The molecule has 14 heavy (non-hydrogen) atoms. The lowest BCUT2D eigenvalue weighted by Crippen LogP contribution is -2.30. The quantitative estimate of drug-likeness (QED) is 0.631. The molecule has 84 valence electrons. The summed E-state index contributed by atoms with van der Waals surface area (Å²) in [5.41, 5.74) is 0. The summed E-state index contributed by atoms with van der Waals surface area (Å²) in [6.07, 6.45) is 8.36. The minimum absolute atomic E-state index is 0.755. The number of likely N-dealkylation sites (N-methyl/N-ethyl adjacent to an activating group) is 1. The molecule has 0 aromatic carbocycles. The average Bonchev–Trinajstić information content (AvgIpc) is 2.65. The standard InChI is InChI=1S/C12H26N2/c1-3-4-5-6-7-9-14-10-8-12(11-14)13-2/h12-13H,3-11H2,1-2H3. The van der Waals surface area contributed by atoms with Gasteiger partial charge in [-0.3, -0.25) is 0 Å². The topological polar surface area (TPSA) is 15.3 Å². The third kappa shape index (κ3) is 4.43. The maximum absolute atomic E-state index is 3.36. The maximum atomic E-state index is 3.36. The van der Waals surface area contributed by atoms with Crippen molar-refractivity contribution in [1.29, 1.82) is 0 Å². The molecule has 0 radical (unpaired) electrons. The normalized spacial score (nSPS) is 23.1. The van der Waals surface area contributed by atoms with Gasteiger partial charge in [-0.2, -0.15) is 0 Å². The van der Waals surface area contributed by atoms with Crippen molar-refractivity contribution < 1.29 is 0 Å². The van der Waals surface area contributed by atoms with Crippen molar-refractivity contribution >= 4 is 0 Å². The number of likely N-dealkylation sites (tertiary alicyclic amines) is 1. The summed E-state index contributed by atoms with van der Waals surface area (Å²) in [4.78, 5) is 2.60. The van der Waals surface area contributed by atoms with E-state index in [4.69, 9.17) is 0 Å². The third-order valence-corrected chi connectivity index (χ3v) is 3.26. The molecule has 0 aromatic heterocycles. The van der Waals surface area contributed by atoms with Gasteiger partial charge in [-0.1, -0.05) is 32.6 Å². The summed E-state index contributed by atoms with van der Waals surface area (Å²) < 4.78 is 0. The Balaban J connectivity index is 1.92. The molecule has 0 amide bonds. The second-order valence-corrected chi connectivity index (χ2v) is 4.49. The van der Waals surface area contributed by atoms with E-state index < -0.39 is 0 Å². The van der Waals surface area contributed by atoms with Crippen molar-refractivity contribution in [2.45, 2.75) is 51.5 Å². The van der Waals surface area contributed by atoms with Gasteiger partial charge in [0.1, 0.15) is 0 Å². The van der Waals surface area contributed by atoms with Crippen molar-refractivity contribution in [3.05, 3.63) is 0 Å². The van der Waals surface area contributed by atoms with Gasteiger partial charge in [-0.25, -0.2) is 0 Å². The Morgan fingerprint density at radius 3 is 2.64 bits per heavy atom. The van der Waals surface area contributed by atoms with Crippen LogP contribution in [0.25, 0.3) is 0 Å². The lowest BCUT2D eigenvalue weighted by Gasteiger charge is -2.15. The van der Waals surface area contributed by atoms with Crippen molar-refractivity contribution in [2.75, 3.05) is 26.7 Å². The van der Waals surface area contributed by atoms with Gasteiger partial charge >= 0.3 is 0 Å². The van der Waals surface area contributed by atoms with E-state index in [1.165, 1.54) is 58.2 Å². The molecular formula is C12H26N2. The summed E-state index contributed by atoms with van der Waals surface area (Å²) in [6, 6.07) is 0.755. The van der Waals surface area contributed by atoms with Gasteiger partial charge in [0.05, 0.1) is 0 Å². The molecule has 1 atom stereocenters. The Hall–Kier alpha value is -0.0800. The van der Waals surface area contributed by atoms with Crippen LogP contribution in [-0.2, 0) is 0 Å². The van der Waals surface area contributed by atoms with Gasteiger partial charge < -0.3 is 10.2 Å². The molecule has 2 nitrogen and oxygen atoms in total. The fourth-order valence-corrected chi connectivity index (χ4v) is 2.21. The van der Waals surface area contributed by atoms with Gasteiger partial charge in [0, 0.05) is 12.6 Å². The van der Waals surface area contributed by atoms with Crippen LogP contribution in [-0.4, -0.2) is 37.6 Å². The average molecular weight is 198 g/mol. The van der Waals surface area contributed by atoms with Crippen LogP contribution >= 0.6 is 0 Å². The molecule has 0 aliphatic carbocycles. The first kappa shape index (κ1) is 12.0. The zero-order valence-corrected chi connectivity index (χ0v) is 9.89. The molecule has 1 saturated heterocycles. The number of hydrogen-bond acceptors (Lipinski definition) is 2. The molecule has 1 N–H and O–H groups in total. The van der Waals surface area contributed by atoms with Crippen LogP contribution in [0.3, 0.4) is 0 Å². The minimum atomic E-state index is 0.755. The molecule has 1 aliphatic heterocycles. The van der Waals surface area contributed by atoms with E-state index in [9.17, 15) is 0 Å². The van der Waals surface area contributed by atoms with Crippen LogP contribution in [0.4, 0.5) is 0 Å². The molecule has 1 fully saturated rings. The molecule has 0 bridgehead atoms. The molecule has 1 heterocycles. The first-order valence-corrected chi connectivity index (χ1v) is 6.26. The molecule has 0 saturated carbocycles. The van der Waals surface area contributed by atoms with Crippen molar-refractivity contribution in [1.82, 2.24) is 10.2 Å². The molecule has 1 rings (SSSR count). The van der Waals surface area contributed by atoms with E-state index in [1.54, 1.807) is 0 Å². The zero-order valence-electron chi connectivity index (χ0n) is 9.89. The zero-order chi connectivity index (χ0) is 10.2. The van der Waals surface area contributed by atoms with Crippen LogP contribution in [0.2, 0.25) is 0 Å². The molecule has 0 spiro atoms. The van der Waals surface area contributed by atoms with Crippen LogP contribution in [0, 0.1) is 0 Å². The van der Waals surface area contributed by atoms with Gasteiger partial charge in [0.25, 0.3) is 0 Å². The van der Waals surface area contributed by atoms with Gasteiger partial charge in [-0.05, 0) is 33.0 Å². The third-order valence-electron chi connectivity index (χ3n) is 3.26. The first-order chi connectivity index (χ1) is 6.86. The minimum Gasteiger partial charge on any atom is -0.316 e. The monoisotopic (exact) mass is 198 g/mol. The van der Waals surface area contributed by atoms with Crippen molar-refractivity contribution in [3.63, 3.8) is 0 Å². The second-order valence-electron chi connectivity index (χ2n) is 4.49. The summed E-state index contributed by atoms with van der Waals surface area (Å²) >= 11 is 0. The SMILES string of the molecule is CCCCCCCN1CCC(NC)C1. The van der Waals surface area contributed by atoms with Crippen LogP contribution in [0.1, 0.15) is 45.4 Å². The Labute approximate surface area is 89.1 Å². The first-order valence-electron chi connectivity index (χ1n) is 6.26. The molecule has 1 unspecified atom stereocenters. The number of rotatable bonds is 7. The number of nitrogens with zero attached hydrogens (tertiary/aromatic N) is 1. The Morgan fingerprint density at radius 2 is 2.00 bits per heavy atom. The van der Waals surface area contributed by atoms with Crippen LogP contribution in [0.15, 0.2) is 0 Å². The van der Waals surface area contributed by atoms with E-state index in [1.807, 2.05) is 0 Å². The van der Waals surface area contributed by atoms with Crippen LogP contribution < -0.4 is 5.32 Å². The van der Waals surface area contributed by atoms with E-state index in [0.29, 0.717) is 0 Å².